The van der Waals surface area contributed by atoms with E-state index in [2.05, 4.69) is 36.2 Å². The summed E-state index contributed by atoms with van der Waals surface area (Å²) < 4.78 is 11.2. The number of morpholine rings is 1. The van der Waals surface area contributed by atoms with Gasteiger partial charge in [-0.25, -0.2) is 0 Å². The van der Waals surface area contributed by atoms with Gasteiger partial charge in [-0.05, 0) is 37.1 Å². The van der Waals surface area contributed by atoms with Crippen LogP contribution in [0.1, 0.15) is 31.4 Å². The van der Waals surface area contributed by atoms with E-state index >= 15 is 0 Å². The van der Waals surface area contributed by atoms with Crippen molar-refractivity contribution in [1.82, 2.24) is 10.2 Å². The molecule has 2 aromatic carbocycles. The molecule has 2 heterocycles. The maximum Gasteiger partial charge on any atom is 0.227 e. The van der Waals surface area contributed by atoms with E-state index in [-0.39, 0.29) is 36.4 Å². The van der Waals surface area contributed by atoms with Gasteiger partial charge in [0.2, 0.25) is 11.8 Å². The quantitative estimate of drug-likeness (QED) is 0.701. The molecule has 7 heteroatoms. The number of ether oxygens (including phenoxy) is 2. The summed E-state index contributed by atoms with van der Waals surface area (Å²) in [5.41, 5.74) is 3.01. The van der Waals surface area contributed by atoms with E-state index in [9.17, 15) is 9.59 Å². The van der Waals surface area contributed by atoms with Gasteiger partial charge in [0, 0.05) is 39.1 Å². The highest BCUT2D eigenvalue weighted by atomic mass is 16.5. The highest BCUT2D eigenvalue weighted by Gasteiger charge is 2.36. The molecule has 4 rings (SSSR count). The van der Waals surface area contributed by atoms with Crippen molar-refractivity contribution in [3.05, 3.63) is 59.7 Å². The number of para-hydroxylation sites is 2. The molecule has 0 aliphatic carbocycles. The molecule has 2 saturated heterocycles. The first-order chi connectivity index (χ1) is 15.9. The molecule has 2 aliphatic rings. The standard InChI is InChI=1S/C26H33N3O4/c1-18-14-28(15-19(2)33-18)16-21-9-5-4-8-20(21)13-27-26(31)22-12-25(30)29(17-22)23-10-6-7-11-24(23)32-3/h4-11,18-19,22H,12-17H2,1-3H3,(H,27,31). The van der Waals surface area contributed by atoms with Crippen molar-refractivity contribution >= 4 is 17.5 Å². The van der Waals surface area contributed by atoms with Crippen LogP contribution in [0, 0.1) is 5.92 Å². The molecule has 0 bridgehead atoms. The SMILES string of the molecule is COc1ccccc1N1CC(C(=O)NCc2ccccc2CN2CC(C)OC(C)C2)CC1=O. The van der Waals surface area contributed by atoms with Gasteiger partial charge >= 0.3 is 0 Å². The molecule has 1 N–H and O–H groups in total. The number of nitrogens with one attached hydrogen (secondary N) is 1. The van der Waals surface area contributed by atoms with Gasteiger partial charge in [0.05, 0.1) is 30.9 Å². The first-order valence-electron chi connectivity index (χ1n) is 11.6. The zero-order valence-corrected chi connectivity index (χ0v) is 19.6. The number of benzene rings is 2. The molecule has 176 valence electrons. The lowest BCUT2D eigenvalue weighted by molar-refractivity contribution is -0.126. The second kappa shape index (κ2) is 10.4. The van der Waals surface area contributed by atoms with E-state index in [1.807, 2.05) is 36.4 Å². The van der Waals surface area contributed by atoms with Crippen molar-refractivity contribution in [2.45, 2.75) is 45.6 Å². The second-order valence-corrected chi connectivity index (χ2v) is 9.02. The highest BCUT2D eigenvalue weighted by molar-refractivity contribution is 6.01. The van der Waals surface area contributed by atoms with E-state index in [1.54, 1.807) is 12.0 Å². The van der Waals surface area contributed by atoms with Gasteiger partial charge in [-0.2, -0.15) is 0 Å². The average molecular weight is 452 g/mol. The molecular weight excluding hydrogens is 418 g/mol. The molecule has 2 aromatic rings. The predicted molar refractivity (Wildman–Crippen MR) is 127 cm³/mol. The number of hydrogen-bond acceptors (Lipinski definition) is 5. The molecule has 2 amide bonds. The van der Waals surface area contributed by atoms with Crippen molar-refractivity contribution in [3.63, 3.8) is 0 Å². The molecule has 3 atom stereocenters. The van der Waals surface area contributed by atoms with Crippen molar-refractivity contribution in [2.24, 2.45) is 5.92 Å². The Bertz CT molecular complexity index is 985. The Morgan fingerprint density at radius 1 is 1.03 bits per heavy atom. The molecule has 2 fully saturated rings. The van der Waals surface area contributed by atoms with E-state index in [4.69, 9.17) is 9.47 Å². The third-order valence-corrected chi connectivity index (χ3v) is 6.33. The maximum absolute atomic E-state index is 12.9. The molecule has 7 nitrogen and oxygen atoms in total. The summed E-state index contributed by atoms with van der Waals surface area (Å²) in [6.45, 7) is 7.63. The van der Waals surface area contributed by atoms with E-state index in [1.165, 1.54) is 5.56 Å². The van der Waals surface area contributed by atoms with Crippen LogP contribution in [0.3, 0.4) is 0 Å². The van der Waals surface area contributed by atoms with Gasteiger partial charge in [0.1, 0.15) is 5.75 Å². The Hall–Kier alpha value is -2.90. The molecule has 0 spiro atoms. The predicted octanol–water partition coefficient (Wildman–Crippen LogP) is 2.97. The third-order valence-electron chi connectivity index (χ3n) is 6.33. The van der Waals surface area contributed by atoms with Crippen LogP contribution >= 0.6 is 0 Å². The number of rotatable bonds is 7. The minimum absolute atomic E-state index is 0.0596. The fraction of sp³-hybridized carbons (Fsp3) is 0.462. The normalized spacial score (nSPS) is 23.5. The zero-order chi connectivity index (χ0) is 23.4. The van der Waals surface area contributed by atoms with Gasteiger partial charge < -0.3 is 19.7 Å². The van der Waals surface area contributed by atoms with Crippen molar-refractivity contribution < 1.29 is 19.1 Å². The van der Waals surface area contributed by atoms with Gasteiger partial charge in [-0.1, -0.05) is 36.4 Å². The van der Waals surface area contributed by atoms with Crippen LogP contribution in [-0.2, 0) is 27.4 Å². The zero-order valence-electron chi connectivity index (χ0n) is 19.6. The smallest absolute Gasteiger partial charge is 0.227 e. The number of hydrogen-bond donors (Lipinski definition) is 1. The Kier molecular flexibility index (Phi) is 7.30. The van der Waals surface area contributed by atoms with Crippen LogP contribution in [0.25, 0.3) is 0 Å². The number of methoxy groups -OCH3 is 1. The third kappa shape index (κ3) is 5.54. The van der Waals surface area contributed by atoms with Crippen LogP contribution < -0.4 is 15.0 Å². The summed E-state index contributed by atoms with van der Waals surface area (Å²) in [6, 6.07) is 15.6. The number of anilines is 1. The number of amides is 2. The topological polar surface area (TPSA) is 71.1 Å². The monoisotopic (exact) mass is 451 g/mol. The first kappa shape index (κ1) is 23.3. The fourth-order valence-electron chi connectivity index (χ4n) is 4.83. The molecule has 0 saturated carbocycles. The lowest BCUT2D eigenvalue weighted by Crippen LogP contribution is -2.45. The van der Waals surface area contributed by atoms with Crippen LogP contribution in [0.2, 0.25) is 0 Å². The summed E-state index contributed by atoms with van der Waals surface area (Å²) in [5, 5.41) is 3.06. The molecule has 33 heavy (non-hydrogen) atoms. The van der Waals surface area contributed by atoms with Crippen LogP contribution in [-0.4, -0.2) is 55.7 Å². The van der Waals surface area contributed by atoms with Gasteiger partial charge in [-0.3, -0.25) is 14.5 Å². The minimum atomic E-state index is -0.379. The lowest BCUT2D eigenvalue weighted by Gasteiger charge is -2.35. The number of carbonyl (C=O) groups excluding carboxylic acids is 2. The molecular formula is C26H33N3O4. The van der Waals surface area contributed by atoms with Crippen molar-refractivity contribution in [3.8, 4) is 5.75 Å². The Morgan fingerprint density at radius 2 is 1.70 bits per heavy atom. The summed E-state index contributed by atoms with van der Waals surface area (Å²) in [7, 11) is 1.58. The molecule has 0 aromatic heterocycles. The van der Waals surface area contributed by atoms with Crippen LogP contribution in [0.4, 0.5) is 5.69 Å². The van der Waals surface area contributed by atoms with E-state index < -0.39 is 0 Å². The summed E-state index contributed by atoms with van der Waals surface area (Å²) in [5.74, 6) is 0.0999. The van der Waals surface area contributed by atoms with Crippen molar-refractivity contribution in [2.75, 3.05) is 31.6 Å². The summed E-state index contributed by atoms with van der Waals surface area (Å²) in [6.07, 6.45) is 0.633. The van der Waals surface area contributed by atoms with Gasteiger partial charge in [0.25, 0.3) is 0 Å². The van der Waals surface area contributed by atoms with Crippen LogP contribution in [0.5, 0.6) is 5.75 Å². The molecule has 0 radical (unpaired) electrons. The lowest BCUT2D eigenvalue weighted by atomic mass is 10.0. The number of nitrogens with zero attached hydrogens (tertiary/aromatic N) is 2. The van der Waals surface area contributed by atoms with Crippen LogP contribution in [0.15, 0.2) is 48.5 Å². The van der Waals surface area contributed by atoms with E-state index in [0.717, 1.165) is 25.2 Å². The number of carbonyl (C=O) groups is 2. The largest absolute Gasteiger partial charge is 0.495 e. The average Bonchev–Trinajstić information content (AvgIpc) is 3.19. The summed E-state index contributed by atoms with van der Waals surface area (Å²) >= 11 is 0. The molecule has 3 unspecified atom stereocenters. The first-order valence-corrected chi connectivity index (χ1v) is 11.6. The fourth-order valence-corrected chi connectivity index (χ4v) is 4.83. The Morgan fingerprint density at radius 3 is 2.42 bits per heavy atom. The van der Waals surface area contributed by atoms with E-state index in [0.29, 0.717) is 24.5 Å². The van der Waals surface area contributed by atoms with Crippen molar-refractivity contribution in [1.29, 1.82) is 0 Å². The van der Waals surface area contributed by atoms with Gasteiger partial charge in [0.15, 0.2) is 0 Å². The minimum Gasteiger partial charge on any atom is -0.495 e. The summed E-state index contributed by atoms with van der Waals surface area (Å²) in [4.78, 5) is 29.6. The van der Waals surface area contributed by atoms with Gasteiger partial charge in [-0.15, -0.1) is 0 Å². The molecule has 2 aliphatic heterocycles. The second-order valence-electron chi connectivity index (χ2n) is 9.02. The Labute approximate surface area is 195 Å². The Balaban J connectivity index is 1.37. The maximum atomic E-state index is 12.9. The highest BCUT2D eigenvalue weighted by Crippen LogP contribution is 2.32.